The summed E-state index contributed by atoms with van der Waals surface area (Å²) < 4.78 is 11.5. The normalized spacial score (nSPS) is 20.8. The first-order valence-electron chi connectivity index (χ1n) is 10.1. The lowest BCUT2D eigenvalue weighted by Gasteiger charge is -2.30. The highest BCUT2D eigenvalue weighted by molar-refractivity contribution is 5.94. The van der Waals surface area contributed by atoms with Crippen molar-refractivity contribution in [3.05, 3.63) is 48.6 Å². The molecule has 1 aliphatic carbocycles. The van der Waals surface area contributed by atoms with E-state index in [4.69, 9.17) is 9.47 Å². The van der Waals surface area contributed by atoms with Crippen molar-refractivity contribution in [2.75, 3.05) is 6.61 Å². The van der Waals surface area contributed by atoms with Crippen molar-refractivity contribution in [2.24, 2.45) is 5.92 Å². The van der Waals surface area contributed by atoms with Crippen molar-refractivity contribution in [1.29, 1.82) is 0 Å². The monoisotopic (exact) mass is 387 g/mol. The molecule has 0 saturated heterocycles. The van der Waals surface area contributed by atoms with Crippen molar-refractivity contribution >= 4 is 11.9 Å². The molecule has 2 rings (SSSR count). The smallest absolute Gasteiger partial charge is 0.309 e. The zero-order chi connectivity index (χ0) is 20.6. The Bertz CT molecular complexity index is 642. The Hall–Kier alpha value is -2.14. The SMILES string of the molecule is C=CCC(COC1CCC(C(=O)OC(C)(C)C)CC1)NC(=O)c1ccccc1. The van der Waals surface area contributed by atoms with Gasteiger partial charge in [0.1, 0.15) is 5.60 Å². The van der Waals surface area contributed by atoms with Crippen molar-refractivity contribution in [3.8, 4) is 0 Å². The van der Waals surface area contributed by atoms with Crippen LogP contribution in [-0.4, -0.2) is 36.2 Å². The second kappa shape index (κ2) is 10.4. The van der Waals surface area contributed by atoms with Gasteiger partial charge in [-0.25, -0.2) is 0 Å². The van der Waals surface area contributed by atoms with E-state index in [2.05, 4.69) is 11.9 Å². The Morgan fingerprint density at radius 1 is 1.18 bits per heavy atom. The van der Waals surface area contributed by atoms with Gasteiger partial charge >= 0.3 is 5.97 Å². The molecule has 0 radical (unpaired) electrons. The molecule has 0 bridgehead atoms. The molecular weight excluding hydrogens is 354 g/mol. The van der Waals surface area contributed by atoms with E-state index in [1.54, 1.807) is 18.2 Å². The van der Waals surface area contributed by atoms with E-state index in [1.807, 2.05) is 39.0 Å². The van der Waals surface area contributed by atoms with Crippen molar-refractivity contribution in [2.45, 2.75) is 70.6 Å². The van der Waals surface area contributed by atoms with Crippen LogP contribution in [0, 0.1) is 5.92 Å². The van der Waals surface area contributed by atoms with E-state index in [0.29, 0.717) is 18.6 Å². The number of amides is 1. The van der Waals surface area contributed by atoms with Crippen molar-refractivity contribution in [1.82, 2.24) is 5.32 Å². The second-order valence-electron chi connectivity index (χ2n) is 8.40. The molecule has 1 N–H and O–H groups in total. The highest BCUT2D eigenvalue weighted by Crippen LogP contribution is 2.28. The molecule has 5 heteroatoms. The van der Waals surface area contributed by atoms with Gasteiger partial charge in [-0.3, -0.25) is 9.59 Å². The highest BCUT2D eigenvalue weighted by atomic mass is 16.6. The number of rotatable bonds is 8. The number of nitrogens with one attached hydrogen (secondary N) is 1. The van der Waals surface area contributed by atoms with Gasteiger partial charge in [0.05, 0.1) is 24.7 Å². The van der Waals surface area contributed by atoms with E-state index in [-0.39, 0.29) is 29.9 Å². The maximum Gasteiger partial charge on any atom is 0.309 e. The third-order valence-electron chi connectivity index (χ3n) is 4.77. The lowest BCUT2D eigenvalue weighted by molar-refractivity contribution is -0.162. The fourth-order valence-electron chi connectivity index (χ4n) is 3.33. The second-order valence-corrected chi connectivity index (χ2v) is 8.40. The zero-order valence-electron chi connectivity index (χ0n) is 17.3. The summed E-state index contributed by atoms with van der Waals surface area (Å²) in [7, 11) is 0. The molecule has 28 heavy (non-hydrogen) atoms. The summed E-state index contributed by atoms with van der Waals surface area (Å²) in [6.45, 7) is 9.89. The largest absolute Gasteiger partial charge is 0.460 e. The quantitative estimate of drug-likeness (QED) is 0.534. The van der Waals surface area contributed by atoms with Gasteiger partial charge in [-0.2, -0.15) is 0 Å². The lowest BCUT2D eigenvalue weighted by atomic mass is 9.87. The molecule has 1 saturated carbocycles. The molecule has 5 nitrogen and oxygen atoms in total. The summed E-state index contributed by atoms with van der Waals surface area (Å²) in [6.07, 6.45) is 5.77. The van der Waals surface area contributed by atoms with Crippen LogP contribution < -0.4 is 5.32 Å². The molecular formula is C23H33NO4. The Balaban J connectivity index is 1.77. The van der Waals surface area contributed by atoms with Crippen molar-refractivity contribution < 1.29 is 19.1 Å². The average Bonchev–Trinajstić information content (AvgIpc) is 2.66. The molecule has 1 unspecified atom stereocenters. The van der Waals surface area contributed by atoms with Gasteiger partial charge in [0, 0.05) is 5.56 Å². The first-order valence-corrected chi connectivity index (χ1v) is 10.1. The Morgan fingerprint density at radius 3 is 2.39 bits per heavy atom. The van der Waals surface area contributed by atoms with Gasteiger partial charge in [-0.1, -0.05) is 24.3 Å². The number of carbonyl (C=O) groups excluding carboxylic acids is 2. The summed E-state index contributed by atoms with van der Waals surface area (Å²) in [5.74, 6) is -0.254. The molecule has 1 aliphatic rings. The van der Waals surface area contributed by atoms with Gasteiger partial charge < -0.3 is 14.8 Å². The minimum absolute atomic E-state index is 0.0409. The third-order valence-corrected chi connectivity index (χ3v) is 4.77. The zero-order valence-corrected chi connectivity index (χ0v) is 17.3. The maximum absolute atomic E-state index is 12.4. The summed E-state index contributed by atoms with van der Waals surface area (Å²) in [4.78, 5) is 24.6. The molecule has 0 aliphatic heterocycles. The molecule has 1 amide bonds. The third kappa shape index (κ3) is 7.47. The van der Waals surface area contributed by atoms with Gasteiger partial charge in [-0.15, -0.1) is 6.58 Å². The van der Waals surface area contributed by atoms with Crippen LogP contribution in [-0.2, 0) is 14.3 Å². The number of carbonyl (C=O) groups is 2. The van der Waals surface area contributed by atoms with Gasteiger partial charge in [0.15, 0.2) is 0 Å². The number of esters is 1. The van der Waals surface area contributed by atoms with E-state index in [1.165, 1.54) is 0 Å². The standard InChI is InChI=1S/C23H33NO4/c1-5-9-19(24-21(25)17-10-7-6-8-11-17)16-27-20-14-12-18(13-15-20)22(26)28-23(2,3)4/h5-8,10-11,18-20H,1,9,12-16H2,2-4H3,(H,24,25). The van der Waals surface area contributed by atoms with Crippen LogP contribution in [0.5, 0.6) is 0 Å². The maximum atomic E-state index is 12.4. The summed E-state index contributed by atoms with van der Waals surface area (Å²) >= 11 is 0. The molecule has 1 atom stereocenters. The summed E-state index contributed by atoms with van der Waals surface area (Å²) in [5, 5.41) is 3.02. The number of hydrogen-bond acceptors (Lipinski definition) is 4. The summed E-state index contributed by atoms with van der Waals surface area (Å²) in [5.41, 5.74) is 0.189. The van der Waals surface area contributed by atoms with Crippen molar-refractivity contribution in [3.63, 3.8) is 0 Å². The minimum atomic E-state index is -0.445. The lowest BCUT2D eigenvalue weighted by Crippen LogP contribution is -2.39. The molecule has 1 fully saturated rings. The predicted octanol–water partition coefficient (Wildman–Crippen LogP) is 4.28. The Morgan fingerprint density at radius 2 is 1.82 bits per heavy atom. The Labute approximate surface area is 168 Å². The molecule has 1 aromatic rings. The number of benzene rings is 1. The van der Waals surface area contributed by atoms with Gasteiger partial charge in [0.2, 0.25) is 0 Å². The van der Waals surface area contributed by atoms with Crippen LogP contribution in [0.1, 0.15) is 63.2 Å². The van der Waals surface area contributed by atoms with E-state index in [0.717, 1.165) is 25.7 Å². The van der Waals surface area contributed by atoms with Gasteiger partial charge in [-0.05, 0) is 65.0 Å². The fraction of sp³-hybridized carbons (Fsp3) is 0.565. The molecule has 0 spiro atoms. The van der Waals surface area contributed by atoms with Crippen LogP contribution in [0.15, 0.2) is 43.0 Å². The minimum Gasteiger partial charge on any atom is -0.460 e. The fourth-order valence-corrected chi connectivity index (χ4v) is 3.33. The first kappa shape index (κ1) is 22.2. The Kier molecular flexibility index (Phi) is 8.24. The van der Waals surface area contributed by atoms with Crippen LogP contribution in [0.2, 0.25) is 0 Å². The van der Waals surface area contributed by atoms with E-state index in [9.17, 15) is 9.59 Å². The van der Waals surface area contributed by atoms with Crippen LogP contribution in [0.25, 0.3) is 0 Å². The van der Waals surface area contributed by atoms with Crippen LogP contribution >= 0.6 is 0 Å². The van der Waals surface area contributed by atoms with Crippen LogP contribution in [0.4, 0.5) is 0 Å². The topological polar surface area (TPSA) is 64.6 Å². The summed E-state index contributed by atoms with van der Waals surface area (Å²) in [6, 6.07) is 9.04. The first-order chi connectivity index (χ1) is 13.3. The highest BCUT2D eigenvalue weighted by Gasteiger charge is 2.30. The van der Waals surface area contributed by atoms with E-state index >= 15 is 0 Å². The number of ether oxygens (including phenoxy) is 2. The molecule has 1 aromatic carbocycles. The molecule has 0 aromatic heterocycles. The molecule has 0 heterocycles. The average molecular weight is 388 g/mol. The van der Waals surface area contributed by atoms with Gasteiger partial charge in [0.25, 0.3) is 5.91 Å². The number of hydrogen-bond donors (Lipinski definition) is 1. The van der Waals surface area contributed by atoms with E-state index < -0.39 is 5.60 Å². The predicted molar refractivity (Wildman–Crippen MR) is 110 cm³/mol. The van der Waals surface area contributed by atoms with Crippen LogP contribution in [0.3, 0.4) is 0 Å². The molecule has 154 valence electrons.